The summed E-state index contributed by atoms with van der Waals surface area (Å²) in [6.45, 7) is 4.83. The Labute approximate surface area is 193 Å². The lowest BCUT2D eigenvalue weighted by Crippen LogP contribution is -2.49. The molecule has 4 heterocycles. The summed E-state index contributed by atoms with van der Waals surface area (Å²) in [5, 5.41) is 13.4. The van der Waals surface area contributed by atoms with E-state index in [-0.39, 0.29) is 5.91 Å². The first-order chi connectivity index (χ1) is 16.1. The number of aryl methyl sites for hydroxylation is 1. The number of methoxy groups -OCH3 is 1. The van der Waals surface area contributed by atoms with Gasteiger partial charge in [0.15, 0.2) is 11.6 Å². The maximum Gasteiger partial charge on any atom is 0.272 e. The summed E-state index contributed by atoms with van der Waals surface area (Å²) in [4.78, 5) is 19.6. The number of anilines is 2. The van der Waals surface area contributed by atoms with Crippen LogP contribution in [0.15, 0.2) is 42.5 Å². The van der Waals surface area contributed by atoms with Gasteiger partial charge in [-0.3, -0.25) is 9.48 Å². The second kappa shape index (κ2) is 9.09. The average molecular weight is 448 g/mol. The fourth-order valence-corrected chi connectivity index (χ4v) is 4.49. The van der Waals surface area contributed by atoms with Crippen molar-refractivity contribution in [2.24, 2.45) is 7.05 Å². The third-order valence-corrected chi connectivity index (χ3v) is 6.42. The second-order valence-electron chi connectivity index (χ2n) is 8.49. The average Bonchev–Trinajstić information content (AvgIpc) is 3.54. The van der Waals surface area contributed by atoms with E-state index >= 15 is 0 Å². The van der Waals surface area contributed by atoms with Gasteiger partial charge in [-0.05, 0) is 43.2 Å². The molecule has 0 N–H and O–H groups in total. The van der Waals surface area contributed by atoms with E-state index in [1.165, 1.54) is 12.8 Å². The first-order valence-electron chi connectivity index (χ1n) is 11.4. The van der Waals surface area contributed by atoms with Gasteiger partial charge in [0.25, 0.3) is 5.91 Å². The number of benzene rings is 1. The van der Waals surface area contributed by atoms with E-state index in [2.05, 4.69) is 31.2 Å². The number of hydrogen-bond acceptors (Lipinski definition) is 7. The number of amides is 1. The molecule has 2 fully saturated rings. The first-order valence-corrected chi connectivity index (χ1v) is 11.4. The molecule has 3 aromatic rings. The molecule has 0 spiro atoms. The number of hydrogen-bond donors (Lipinski definition) is 0. The monoisotopic (exact) mass is 447 g/mol. The Balaban J connectivity index is 1.23. The van der Waals surface area contributed by atoms with E-state index < -0.39 is 0 Å². The maximum absolute atomic E-state index is 13.2. The summed E-state index contributed by atoms with van der Waals surface area (Å²) in [6.07, 6.45) is 2.44. The molecule has 9 heteroatoms. The quantitative estimate of drug-likeness (QED) is 0.594. The Morgan fingerprint density at radius 2 is 1.55 bits per heavy atom. The van der Waals surface area contributed by atoms with Crippen LogP contribution in [0.3, 0.4) is 0 Å². The Hall–Kier alpha value is -3.62. The molecule has 0 unspecified atom stereocenters. The van der Waals surface area contributed by atoms with Crippen molar-refractivity contribution in [3.63, 3.8) is 0 Å². The third kappa shape index (κ3) is 4.35. The number of piperazine rings is 1. The lowest BCUT2D eigenvalue weighted by molar-refractivity contribution is 0.0735. The Morgan fingerprint density at radius 1 is 0.879 bits per heavy atom. The van der Waals surface area contributed by atoms with Crippen LogP contribution in [-0.4, -0.2) is 77.2 Å². The van der Waals surface area contributed by atoms with Gasteiger partial charge in [-0.2, -0.15) is 5.10 Å². The highest BCUT2D eigenvalue weighted by molar-refractivity contribution is 5.94. The summed E-state index contributed by atoms with van der Waals surface area (Å²) in [5.41, 5.74) is 2.26. The SMILES string of the molecule is COc1cccc(-c2cc(C(=O)N3CCN(c4ccc(N5CCCC5)nn4)CC3)n(C)n2)c1. The standard InChI is InChI=1S/C24H29N7O2/c1-28-21(17-20(27-28)18-6-5-7-19(16-18)33-2)24(32)31-14-12-30(13-15-31)23-9-8-22(25-26-23)29-10-3-4-11-29/h5-9,16-17H,3-4,10-15H2,1-2H3. The van der Waals surface area contributed by atoms with E-state index in [4.69, 9.17) is 4.74 Å². The number of carbonyl (C=O) groups excluding carboxylic acids is 1. The van der Waals surface area contributed by atoms with Gasteiger partial charge >= 0.3 is 0 Å². The lowest BCUT2D eigenvalue weighted by atomic mass is 10.1. The van der Waals surface area contributed by atoms with Crippen LogP contribution in [0.2, 0.25) is 0 Å². The van der Waals surface area contributed by atoms with Crippen molar-refractivity contribution >= 4 is 17.5 Å². The van der Waals surface area contributed by atoms with Crippen molar-refractivity contribution in [1.82, 2.24) is 24.9 Å². The maximum atomic E-state index is 13.2. The molecule has 2 saturated heterocycles. The van der Waals surface area contributed by atoms with Crippen molar-refractivity contribution < 1.29 is 9.53 Å². The van der Waals surface area contributed by atoms with Gasteiger partial charge in [0.2, 0.25) is 0 Å². The summed E-state index contributed by atoms with van der Waals surface area (Å²) in [5.74, 6) is 2.58. The van der Waals surface area contributed by atoms with Gasteiger partial charge in [0.05, 0.1) is 12.8 Å². The van der Waals surface area contributed by atoms with E-state index in [1.807, 2.05) is 48.3 Å². The molecule has 2 aliphatic rings. The lowest BCUT2D eigenvalue weighted by Gasteiger charge is -2.35. The number of rotatable bonds is 5. The van der Waals surface area contributed by atoms with Crippen molar-refractivity contribution in [2.75, 3.05) is 56.2 Å². The minimum atomic E-state index is -0.00531. The van der Waals surface area contributed by atoms with Gasteiger partial charge in [0, 0.05) is 51.9 Å². The van der Waals surface area contributed by atoms with Gasteiger partial charge in [-0.1, -0.05) is 12.1 Å². The molecule has 0 radical (unpaired) electrons. The Morgan fingerprint density at radius 3 is 2.18 bits per heavy atom. The van der Waals surface area contributed by atoms with E-state index in [0.29, 0.717) is 18.8 Å². The highest BCUT2D eigenvalue weighted by atomic mass is 16.5. The molecule has 1 aromatic carbocycles. The summed E-state index contributed by atoms with van der Waals surface area (Å²) >= 11 is 0. The van der Waals surface area contributed by atoms with Crippen LogP contribution in [-0.2, 0) is 7.05 Å². The molecule has 5 rings (SSSR count). The topological polar surface area (TPSA) is 79.6 Å². The van der Waals surface area contributed by atoms with E-state index in [1.54, 1.807) is 11.8 Å². The van der Waals surface area contributed by atoms with Crippen LogP contribution in [0.25, 0.3) is 11.3 Å². The van der Waals surface area contributed by atoms with E-state index in [9.17, 15) is 4.79 Å². The zero-order chi connectivity index (χ0) is 22.8. The van der Waals surface area contributed by atoms with Crippen LogP contribution in [0, 0.1) is 0 Å². The Bertz CT molecular complexity index is 1110. The van der Waals surface area contributed by atoms with Crippen LogP contribution >= 0.6 is 0 Å². The minimum absolute atomic E-state index is 0.00531. The normalized spacial score (nSPS) is 16.4. The molecule has 2 aliphatic heterocycles. The zero-order valence-corrected chi connectivity index (χ0v) is 19.1. The molecular weight excluding hydrogens is 418 g/mol. The van der Waals surface area contributed by atoms with Gasteiger partial charge in [0.1, 0.15) is 11.4 Å². The molecule has 0 saturated carbocycles. The zero-order valence-electron chi connectivity index (χ0n) is 19.1. The van der Waals surface area contributed by atoms with Crippen molar-refractivity contribution in [2.45, 2.75) is 12.8 Å². The number of ether oxygens (including phenoxy) is 1. The van der Waals surface area contributed by atoms with Gasteiger partial charge in [-0.15, -0.1) is 10.2 Å². The molecule has 9 nitrogen and oxygen atoms in total. The largest absolute Gasteiger partial charge is 0.497 e. The minimum Gasteiger partial charge on any atom is -0.497 e. The summed E-state index contributed by atoms with van der Waals surface area (Å²) in [7, 11) is 3.45. The first kappa shape index (κ1) is 21.2. The van der Waals surface area contributed by atoms with Crippen molar-refractivity contribution in [3.8, 4) is 17.0 Å². The van der Waals surface area contributed by atoms with Crippen LogP contribution < -0.4 is 14.5 Å². The summed E-state index contributed by atoms with van der Waals surface area (Å²) < 4.78 is 6.97. The Kier molecular flexibility index (Phi) is 5.85. The molecule has 0 atom stereocenters. The molecule has 0 bridgehead atoms. The molecule has 1 amide bonds. The fraction of sp³-hybridized carbons (Fsp3) is 0.417. The number of aromatic nitrogens is 4. The molecule has 172 valence electrons. The van der Waals surface area contributed by atoms with Crippen LogP contribution in [0.5, 0.6) is 5.75 Å². The van der Waals surface area contributed by atoms with Gasteiger partial charge in [-0.25, -0.2) is 0 Å². The fourth-order valence-electron chi connectivity index (χ4n) is 4.49. The van der Waals surface area contributed by atoms with E-state index in [0.717, 1.165) is 54.8 Å². The van der Waals surface area contributed by atoms with Crippen molar-refractivity contribution in [3.05, 3.63) is 48.2 Å². The number of nitrogens with zero attached hydrogens (tertiary/aromatic N) is 7. The summed E-state index contributed by atoms with van der Waals surface area (Å²) in [6, 6.07) is 13.7. The van der Waals surface area contributed by atoms with Crippen LogP contribution in [0.1, 0.15) is 23.3 Å². The molecule has 2 aromatic heterocycles. The highest BCUT2D eigenvalue weighted by Gasteiger charge is 2.26. The molecule has 33 heavy (non-hydrogen) atoms. The predicted octanol–water partition coefficient (Wildman–Crippen LogP) is 2.45. The highest BCUT2D eigenvalue weighted by Crippen LogP contribution is 2.24. The predicted molar refractivity (Wildman–Crippen MR) is 127 cm³/mol. The van der Waals surface area contributed by atoms with Crippen LogP contribution in [0.4, 0.5) is 11.6 Å². The van der Waals surface area contributed by atoms with Gasteiger partial charge < -0.3 is 19.4 Å². The number of carbonyl (C=O) groups is 1. The second-order valence-corrected chi connectivity index (χ2v) is 8.49. The van der Waals surface area contributed by atoms with Crippen molar-refractivity contribution in [1.29, 1.82) is 0 Å². The molecular formula is C24H29N7O2. The molecule has 0 aliphatic carbocycles. The third-order valence-electron chi connectivity index (χ3n) is 6.42. The smallest absolute Gasteiger partial charge is 0.272 e.